The molecule has 0 radical (unpaired) electrons. The normalized spacial score (nSPS) is 18.5. The number of nitrogens with zero attached hydrogens (tertiary/aromatic N) is 1. The highest BCUT2D eigenvalue weighted by Crippen LogP contribution is 2.36. The number of aryl methyl sites for hydroxylation is 1. The van der Waals surface area contributed by atoms with Crippen molar-refractivity contribution in [3.8, 4) is 0 Å². The average molecular weight is 393 g/mol. The third-order valence-corrected chi connectivity index (χ3v) is 5.54. The van der Waals surface area contributed by atoms with Crippen LogP contribution >= 0.6 is 0 Å². The summed E-state index contributed by atoms with van der Waals surface area (Å²) in [6.07, 6.45) is -2.92. The zero-order valence-corrected chi connectivity index (χ0v) is 16.6. The Labute approximate surface area is 162 Å². The molecule has 1 fully saturated rings. The van der Waals surface area contributed by atoms with E-state index in [1.165, 1.54) is 28.8 Å². The van der Waals surface area contributed by atoms with Crippen LogP contribution in [0.1, 0.15) is 44.4 Å². The summed E-state index contributed by atoms with van der Waals surface area (Å²) in [7, 11) is -0.699. The Morgan fingerprint density at radius 3 is 2.21 bits per heavy atom. The van der Waals surface area contributed by atoms with Crippen molar-refractivity contribution in [3.63, 3.8) is 0 Å². The van der Waals surface area contributed by atoms with Gasteiger partial charge < -0.3 is 13.9 Å². The van der Waals surface area contributed by atoms with E-state index in [0.717, 1.165) is 6.07 Å². The van der Waals surface area contributed by atoms with Crippen LogP contribution in [0.25, 0.3) is 0 Å². The number of hydrogen-bond donors (Lipinski definition) is 0. The van der Waals surface area contributed by atoms with Crippen molar-refractivity contribution >= 4 is 12.6 Å². The lowest BCUT2D eigenvalue weighted by molar-refractivity contribution is -0.138. The van der Waals surface area contributed by atoms with Gasteiger partial charge in [0.15, 0.2) is 0 Å². The molecule has 28 heavy (non-hydrogen) atoms. The summed E-state index contributed by atoms with van der Waals surface area (Å²) in [5.41, 5.74) is -0.914. The average Bonchev–Trinajstić information content (AvgIpc) is 2.78. The van der Waals surface area contributed by atoms with Crippen LogP contribution in [-0.2, 0) is 22.0 Å². The van der Waals surface area contributed by atoms with Crippen LogP contribution in [0.3, 0.4) is 0 Å². The van der Waals surface area contributed by atoms with E-state index in [4.69, 9.17) is 9.31 Å². The van der Waals surface area contributed by atoms with Gasteiger partial charge >= 0.3 is 13.3 Å². The lowest BCUT2D eigenvalue weighted by atomic mass is 9.77. The second kappa shape index (κ2) is 6.78. The number of pyridine rings is 1. The largest absolute Gasteiger partial charge is 0.495 e. The molecule has 3 rings (SSSR count). The zero-order chi connectivity index (χ0) is 20.9. The van der Waals surface area contributed by atoms with Gasteiger partial charge in [-0.25, -0.2) is 0 Å². The summed E-state index contributed by atoms with van der Waals surface area (Å²) in [6.45, 7) is 9.27. The van der Waals surface area contributed by atoms with Crippen LogP contribution in [0, 0.1) is 6.92 Å². The molecule has 0 bridgehead atoms. The second-order valence-corrected chi connectivity index (χ2v) is 8.12. The van der Waals surface area contributed by atoms with Gasteiger partial charge in [0, 0.05) is 12.3 Å². The number of aromatic nitrogens is 1. The number of halogens is 3. The molecule has 2 aromatic rings. The third kappa shape index (κ3) is 3.75. The Morgan fingerprint density at radius 2 is 1.64 bits per heavy atom. The molecular weight excluding hydrogens is 370 g/mol. The molecule has 0 aliphatic carbocycles. The lowest BCUT2D eigenvalue weighted by Gasteiger charge is -2.32. The fourth-order valence-corrected chi connectivity index (χ4v) is 3.17. The van der Waals surface area contributed by atoms with Crippen molar-refractivity contribution in [2.45, 2.75) is 58.5 Å². The summed E-state index contributed by atoms with van der Waals surface area (Å²) in [4.78, 5) is 12.6. The van der Waals surface area contributed by atoms with Crippen LogP contribution in [0.15, 0.2) is 41.3 Å². The molecule has 150 valence electrons. The molecule has 0 unspecified atom stereocenters. The molecule has 1 aromatic heterocycles. The maximum absolute atomic E-state index is 13.2. The van der Waals surface area contributed by atoms with Gasteiger partial charge in [0.25, 0.3) is 0 Å². The highest BCUT2D eigenvalue weighted by molar-refractivity contribution is 6.62. The van der Waals surface area contributed by atoms with Crippen molar-refractivity contribution in [2.75, 3.05) is 0 Å². The Morgan fingerprint density at radius 1 is 1.07 bits per heavy atom. The maximum Gasteiger partial charge on any atom is 0.495 e. The predicted molar refractivity (Wildman–Crippen MR) is 102 cm³/mol. The Kier molecular flexibility index (Phi) is 5.00. The molecule has 8 heteroatoms. The molecule has 2 heterocycles. The Balaban J connectivity index is 1.94. The van der Waals surface area contributed by atoms with E-state index in [0.29, 0.717) is 11.0 Å². The van der Waals surface area contributed by atoms with E-state index in [9.17, 15) is 18.0 Å². The number of rotatable bonds is 3. The highest BCUT2D eigenvalue weighted by Gasteiger charge is 2.52. The van der Waals surface area contributed by atoms with Crippen LogP contribution in [0.5, 0.6) is 0 Å². The third-order valence-electron chi connectivity index (χ3n) is 5.54. The first-order chi connectivity index (χ1) is 12.8. The first kappa shape index (κ1) is 20.7. The van der Waals surface area contributed by atoms with Gasteiger partial charge in [0.2, 0.25) is 5.56 Å². The van der Waals surface area contributed by atoms with E-state index in [2.05, 4.69) is 0 Å². The van der Waals surface area contributed by atoms with Crippen molar-refractivity contribution in [2.24, 2.45) is 0 Å². The molecular formula is C20H23BF3NO3. The molecule has 0 N–H and O–H groups in total. The van der Waals surface area contributed by atoms with Gasteiger partial charge in [-0.15, -0.1) is 0 Å². The fourth-order valence-electron chi connectivity index (χ4n) is 3.17. The Bertz CT molecular complexity index is 934. The van der Waals surface area contributed by atoms with Gasteiger partial charge in [-0.2, -0.15) is 13.2 Å². The van der Waals surface area contributed by atoms with E-state index in [-0.39, 0.29) is 12.1 Å². The van der Waals surface area contributed by atoms with Crippen molar-refractivity contribution in [3.05, 3.63) is 63.6 Å². The topological polar surface area (TPSA) is 40.5 Å². The van der Waals surface area contributed by atoms with Crippen molar-refractivity contribution in [1.82, 2.24) is 4.57 Å². The van der Waals surface area contributed by atoms with Crippen LogP contribution in [0.4, 0.5) is 13.2 Å². The second-order valence-electron chi connectivity index (χ2n) is 8.12. The summed E-state index contributed by atoms with van der Waals surface area (Å²) >= 11 is 0. The van der Waals surface area contributed by atoms with E-state index >= 15 is 0 Å². The minimum Gasteiger partial charge on any atom is -0.399 e. The van der Waals surface area contributed by atoms with Gasteiger partial charge in [0.1, 0.15) is 0 Å². The van der Waals surface area contributed by atoms with Gasteiger partial charge in [-0.1, -0.05) is 18.2 Å². The summed E-state index contributed by atoms with van der Waals surface area (Å²) < 4.78 is 52.9. The Hall–Kier alpha value is -2.06. The zero-order valence-electron chi connectivity index (χ0n) is 16.6. The minimum atomic E-state index is -4.47. The van der Waals surface area contributed by atoms with Crippen LogP contribution in [-0.4, -0.2) is 22.9 Å². The predicted octanol–water partition coefficient (Wildman–Crippen LogP) is 3.52. The number of alkyl halides is 3. The molecule has 1 saturated heterocycles. The molecule has 0 amide bonds. The van der Waals surface area contributed by atoms with Crippen molar-refractivity contribution < 1.29 is 22.5 Å². The SMILES string of the molecule is Cc1cn(Cc2ccccc2C(F)(F)F)c(=O)cc1B1OC(C)(C)C(C)(C)O1. The highest BCUT2D eigenvalue weighted by atomic mass is 19.4. The van der Waals surface area contributed by atoms with Gasteiger partial charge in [0.05, 0.1) is 23.3 Å². The van der Waals surface area contributed by atoms with E-state index in [1.807, 2.05) is 27.7 Å². The van der Waals surface area contributed by atoms with Crippen molar-refractivity contribution in [1.29, 1.82) is 0 Å². The first-order valence-corrected chi connectivity index (χ1v) is 9.03. The molecule has 1 aromatic carbocycles. The monoisotopic (exact) mass is 393 g/mol. The smallest absolute Gasteiger partial charge is 0.399 e. The summed E-state index contributed by atoms with van der Waals surface area (Å²) in [5, 5.41) is 0. The van der Waals surface area contributed by atoms with E-state index < -0.39 is 35.6 Å². The lowest BCUT2D eigenvalue weighted by Crippen LogP contribution is -2.41. The summed E-state index contributed by atoms with van der Waals surface area (Å²) in [5.74, 6) is 0. The number of benzene rings is 1. The molecule has 0 spiro atoms. The van der Waals surface area contributed by atoms with Crippen LogP contribution in [0.2, 0.25) is 0 Å². The molecule has 0 saturated carbocycles. The molecule has 4 nitrogen and oxygen atoms in total. The van der Waals surface area contributed by atoms with Gasteiger partial charge in [-0.05, 0) is 57.3 Å². The number of hydrogen-bond acceptors (Lipinski definition) is 3. The minimum absolute atomic E-state index is 0.0416. The molecule has 1 aliphatic heterocycles. The molecule has 1 aliphatic rings. The van der Waals surface area contributed by atoms with Crippen LogP contribution < -0.4 is 11.0 Å². The summed E-state index contributed by atoms with van der Waals surface area (Å²) in [6, 6.07) is 6.65. The fraction of sp³-hybridized carbons (Fsp3) is 0.450. The molecule has 0 atom stereocenters. The van der Waals surface area contributed by atoms with E-state index in [1.54, 1.807) is 13.1 Å². The quantitative estimate of drug-likeness (QED) is 0.750. The standard InChI is InChI=1S/C20H23BF3NO3/c1-13-11-25(12-14-8-6-7-9-15(14)20(22,23)24)17(26)10-16(13)21-27-18(2,3)19(4,5)28-21/h6-11H,12H2,1-5H3. The van der Waals surface area contributed by atoms with Gasteiger partial charge in [-0.3, -0.25) is 4.79 Å². The first-order valence-electron chi connectivity index (χ1n) is 9.03. The maximum atomic E-state index is 13.2.